The summed E-state index contributed by atoms with van der Waals surface area (Å²) in [5.41, 5.74) is 0. The fourth-order valence-corrected chi connectivity index (χ4v) is 2.04. The summed E-state index contributed by atoms with van der Waals surface area (Å²) in [5, 5.41) is 7.10. The lowest BCUT2D eigenvalue weighted by Gasteiger charge is -2.23. The van der Waals surface area contributed by atoms with E-state index in [2.05, 4.69) is 14.1 Å². The lowest BCUT2D eigenvalue weighted by Crippen LogP contribution is -2.47. The van der Waals surface area contributed by atoms with Gasteiger partial charge in [0.1, 0.15) is 5.75 Å². The molecule has 0 aliphatic carbocycles. The van der Waals surface area contributed by atoms with Crippen molar-refractivity contribution in [3.05, 3.63) is 42.5 Å². The van der Waals surface area contributed by atoms with E-state index in [9.17, 15) is 22.4 Å². The van der Waals surface area contributed by atoms with Gasteiger partial charge >= 0.3 is 17.1 Å². The van der Waals surface area contributed by atoms with E-state index < -0.39 is 29.2 Å². The number of carbonyl (C=O) groups excluding carboxylic acids is 1. The monoisotopic (exact) mass is 352 g/mol. The van der Waals surface area contributed by atoms with Crippen LogP contribution in [0.4, 0.5) is 17.6 Å². The second-order valence-electron chi connectivity index (χ2n) is 4.19. The fourth-order valence-electron chi connectivity index (χ4n) is 1.71. The smallest absolute Gasteiger partial charge is 0.423 e. The zero-order chi connectivity index (χ0) is 17.1. The number of carbonyl (C=O) groups is 1. The van der Waals surface area contributed by atoms with Crippen LogP contribution in [0.25, 0.3) is 10.8 Å². The van der Waals surface area contributed by atoms with Gasteiger partial charge in [0.15, 0.2) is 0 Å². The average molecular weight is 352 g/mol. The van der Waals surface area contributed by atoms with Crippen molar-refractivity contribution in [2.75, 3.05) is 0 Å². The summed E-state index contributed by atoms with van der Waals surface area (Å²) in [6, 6.07) is 10.7. The van der Waals surface area contributed by atoms with Crippen molar-refractivity contribution >= 4 is 28.8 Å². The van der Waals surface area contributed by atoms with Gasteiger partial charge in [-0.15, -0.1) is 4.33 Å². The number of halogens is 4. The standard InChI is InChI=1S/C13H8F4O5S/c14-12(13(15,16)17,23-22-21-19)11(18)20-10-7-3-5-8-4-1-2-6-9(8)10/h1-7,19H. The van der Waals surface area contributed by atoms with E-state index >= 15 is 0 Å². The summed E-state index contributed by atoms with van der Waals surface area (Å²) in [6.07, 6.45) is -5.67. The lowest BCUT2D eigenvalue weighted by atomic mass is 10.1. The van der Waals surface area contributed by atoms with Crippen LogP contribution >= 0.6 is 12.0 Å². The first-order valence-electron chi connectivity index (χ1n) is 5.91. The van der Waals surface area contributed by atoms with E-state index in [0.29, 0.717) is 10.8 Å². The second-order valence-corrected chi connectivity index (χ2v) is 5.05. The lowest BCUT2D eigenvalue weighted by molar-refractivity contribution is -0.433. The molecule has 2 aromatic rings. The first-order valence-corrected chi connectivity index (χ1v) is 6.65. The molecular weight excluding hydrogens is 344 g/mol. The van der Waals surface area contributed by atoms with Gasteiger partial charge in [0.25, 0.3) is 0 Å². The van der Waals surface area contributed by atoms with Crippen LogP contribution in [0, 0.1) is 0 Å². The highest BCUT2D eigenvalue weighted by atomic mass is 32.2. The van der Waals surface area contributed by atoms with Gasteiger partial charge < -0.3 is 4.74 Å². The Morgan fingerprint density at radius 3 is 2.35 bits per heavy atom. The fraction of sp³-hybridized carbons (Fsp3) is 0.154. The first-order chi connectivity index (χ1) is 10.8. The first kappa shape index (κ1) is 17.5. The van der Waals surface area contributed by atoms with Crippen molar-refractivity contribution in [1.82, 2.24) is 0 Å². The van der Waals surface area contributed by atoms with E-state index in [4.69, 9.17) is 5.26 Å². The predicted molar refractivity (Wildman–Crippen MR) is 71.9 cm³/mol. The molecule has 0 fully saturated rings. The molecule has 10 heteroatoms. The Kier molecular flexibility index (Phi) is 5.09. The topological polar surface area (TPSA) is 65.0 Å². The van der Waals surface area contributed by atoms with Crippen LogP contribution in [0.1, 0.15) is 0 Å². The van der Waals surface area contributed by atoms with Crippen molar-refractivity contribution in [3.63, 3.8) is 0 Å². The Labute approximate surface area is 130 Å². The summed E-state index contributed by atoms with van der Waals surface area (Å²) in [6.45, 7) is 0. The number of rotatable bonds is 5. The molecule has 0 spiro atoms. The number of fused-ring (bicyclic) bond motifs is 1. The molecule has 0 aromatic heterocycles. The van der Waals surface area contributed by atoms with Gasteiger partial charge in [0.2, 0.25) is 0 Å². The molecule has 2 aromatic carbocycles. The van der Waals surface area contributed by atoms with E-state index in [0.717, 1.165) is 0 Å². The van der Waals surface area contributed by atoms with Crippen LogP contribution in [0.2, 0.25) is 0 Å². The van der Waals surface area contributed by atoms with Crippen molar-refractivity contribution in [2.24, 2.45) is 0 Å². The van der Waals surface area contributed by atoms with E-state index in [1.807, 2.05) is 0 Å². The minimum Gasteiger partial charge on any atom is -0.423 e. The molecule has 1 atom stereocenters. The zero-order valence-electron chi connectivity index (χ0n) is 11.0. The van der Waals surface area contributed by atoms with Crippen LogP contribution < -0.4 is 4.74 Å². The Morgan fingerprint density at radius 2 is 1.70 bits per heavy atom. The number of benzene rings is 2. The molecule has 0 heterocycles. The molecule has 0 bridgehead atoms. The maximum absolute atomic E-state index is 14.0. The Bertz CT molecular complexity index is 703. The molecule has 0 radical (unpaired) electrons. The van der Waals surface area contributed by atoms with Gasteiger partial charge in [-0.05, 0) is 11.5 Å². The van der Waals surface area contributed by atoms with Gasteiger partial charge in [0.05, 0.1) is 12.0 Å². The molecule has 0 saturated carbocycles. The molecule has 0 amide bonds. The molecule has 0 aliphatic rings. The van der Waals surface area contributed by atoms with Crippen LogP contribution in [-0.2, 0) is 14.2 Å². The van der Waals surface area contributed by atoms with E-state index in [1.54, 1.807) is 24.3 Å². The van der Waals surface area contributed by atoms with Crippen LogP contribution in [-0.4, -0.2) is 22.4 Å². The molecule has 124 valence electrons. The average Bonchev–Trinajstić information content (AvgIpc) is 2.51. The highest BCUT2D eigenvalue weighted by Gasteiger charge is 2.66. The van der Waals surface area contributed by atoms with Gasteiger partial charge in [0, 0.05) is 5.39 Å². The second kappa shape index (κ2) is 6.71. The quantitative estimate of drug-likeness (QED) is 0.219. The summed E-state index contributed by atoms with van der Waals surface area (Å²) in [7, 11) is 0. The normalized spacial score (nSPS) is 14.5. The Balaban J connectivity index is 2.34. The largest absolute Gasteiger partial charge is 0.446 e. The van der Waals surface area contributed by atoms with E-state index in [-0.39, 0.29) is 5.75 Å². The third kappa shape index (κ3) is 3.55. The SMILES string of the molecule is O=C(Oc1cccc2ccccc12)C(F)(SOOO)C(F)(F)F. The molecule has 1 N–H and O–H groups in total. The molecule has 23 heavy (non-hydrogen) atoms. The molecule has 0 aliphatic heterocycles. The molecule has 5 nitrogen and oxygen atoms in total. The summed E-state index contributed by atoms with van der Waals surface area (Å²) in [5.74, 6) is -2.53. The maximum atomic E-state index is 14.0. The van der Waals surface area contributed by atoms with Crippen LogP contribution in [0.5, 0.6) is 5.75 Å². The summed E-state index contributed by atoms with van der Waals surface area (Å²) in [4.78, 5) is 11.7. The Hall–Kier alpha value is -1.88. The number of hydrogen-bond donors (Lipinski definition) is 1. The molecule has 1 unspecified atom stereocenters. The minimum absolute atomic E-state index is 0.259. The number of hydrogen-bond acceptors (Lipinski definition) is 6. The van der Waals surface area contributed by atoms with E-state index in [1.165, 1.54) is 18.2 Å². The van der Waals surface area contributed by atoms with Gasteiger partial charge in [-0.25, -0.2) is 14.4 Å². The van der Waals surface area contributed by atoms with Gasteiger partial charge in [-0.2, -0.15) is 13.2 Å². The maximum Gasteiger partial charge on any atom is 0.446 e. The van der Waals surface area contributed by atoms with Crippen molar-refractivity contribution in [1.29, 1.82) is 0 Å². The summed E-state index contributed by atoms with van der Waals surface area (Å²) < 4.78 is 60.3. The highest BCUT2D eigenvalue weighted by Crippen LogP contribution is 2.45. The number of esters is 1. The van der Waals surface area contributed by atoms with Crippen molar-refractivity contribution in [3.8, 4) is 5.75 Å². The van der Waals surface area contributed by atoms with Gasteiger partial charge in [-0.3, -0.25) is 0 Å². The number of alkyl halides is 4. The molecular formula is C13H8F4O5S. The minimum atomic E-state index is -5.67. The molecule has 2 rings (SSSR count). The van der Waals surface area contributed by atoms with Crippen LogP contribution in [0.15, 0.2) is 42.5 Å². The highest BCUT2D eigenvalue weighted by molar-refractivity contribution is 7.96. The van der Waals surface area contributed by atoms with Crippen molar-refractivity contribution in [2.45, 2.75) is 11.2 Å². The zero-order valence-corrected chi connectivity index (χ0v) is 11.9. The third-order valence-electron chi connectivity index (χ3n) is 2.76. The van der Waals surface area contributed by atoms with Gasteiger partial charge in [-0.1, -0.05) is 41.4 Å². The summed E-state index contributed by atoms with van der Waals surface area (Å²) >= 11 is -1.07. The van der Waals surface area contributed by atoms with Crippen molar-refractivity contribution < 1.29 is 41.7 Å². The third-order valence-corrected chi connectivity index (χ3v) is 3.52. The van der Waals surface area contributed by atoms with Crippen LogP contribution in [0.3, 0.4) is 0 Å². The predicted octanol–water partition coefficient (Wildman–Crippen LogP) is 4.04. The number of ether oxygens (including phenoxy) is 1. The Morgan fingerprint density at radius 1 is 1.04 bits per heavy atom. The molecule has 0 saturated heterocycles.